The van der Waals surface area contributed by atoms with Crippen LogP contribution in [0.2, 0.25) is 0 Å². The molecule has 1 aromatic heterocycles. The van der Waals surface area contributed by atoms with Gasteiger partial charge in [-0.15, -0.1) is 0 Å². The smallest absolute Gasteiger partial charge is 0.0661 e. The number of hydrogen-bond acceptors (Lipinski definition) is 2. The molecule has 0 spiro atoms. The molecule has 3 heteroatoms. The molecule has 0 N–H and O–H groups in total. The molecule has 1 aromatic rings. The van der Waals surface area contributed by atoms with Crippen molar-refractivity contribution >= 4 is 0 Å². The molecule has 0 saturated carbocycles. The number of hydrogen-bond donors (Lipinski definition) is 0. The number of likely N-dealkylation sites (tertiary alicyclic amines) is 1. The van der Waals surface area contributed by atoms with Crippen LogP contribution in [0.5, 0.6) is 0 Å². The van der Waals surface area contributed by atoms with Crippen LogP contribution in [0, 0.1) is 13.8 Å². The van der Waals surface area contributed by atoms with Crippen LogP contribution in [0.4, 0.5) is 0 Å². The van der Waals surface area contributed by atoms with Crippen molar-refractivity contribution in [2.45, 2.75) is 53.5 Å². The van der Waals surface area contributed by atoms with E-state index in [-0.39, 0.29) is 0 Å². The van der Waals surface area contributed by atoms with E-state index < -0.39 is 0 Å². The lowest BCUT2D eigenvalue weighted by Gasteiger charge is -2.13. The Balaban J connectivity index is 0.000000686. The molecular formula is C14H27N3. The Morgan fingerprint density at radius 1 is 1.29 bits per heavy atom. The normalized spacial score (nSPS) is 20.2. The minimum atomic E-state index is 0.592. The van der Waals surface area contributed by atoms with Gasteiger partial charge in [-0.2, -0.15) is 5.10 Å². The highest BCUT2D eigenvalue weighted by atomic mass is 15.3. The molecule has 17 heavy (non-hydrogen) atoms. The predicted molar refractivity (Wildman–Crippen MR) is 73.6 cm³/mol. The average Bonchev–Trinajstić information content (AvgIpc) is 2.88. The van der Waals surface area contributed by atoms with E-state index in [0.717, 1.165) is 13.0 Å². The van der Waals surface area contributed by atoms with Crippen molar-refractivity contribution in [2.75, 3.05) is 20.1 Å². The topological polar surface area (TPSA) is 21.1 Å². The maximum Gasteiger partial charge on any atom is 0.0661 e. The van der Waals surface area contributed by atoms with Crippen LogP contribution in [0.15, 0.2) is 0 Å². The molecule has 1 saturated heterocycles. The lowest BCUT2D eigenvalue weighted by Crippen LogP contribution is -2.18. The number of likely N-dealkylation sites (N-methyl/N-ethyl adjacent to an activating group) is 1. The molecular weight excluding hydrogens is 210 g/mol. The van der Waals surface area contributed by atoms with Gasteiger partial charge in [0, 0.05) is 12.2 Å². The van der Waals surface area contributed by atoms with Gasteiger partial charge in [-0.1, -0.05) is 20.8 Å². The van der Waals surface area contributed by atoms with Crippen molar-refractivity contribution in [3.05, 3.63) is 17.0 Å². The first-order valence-corrected chi connectivity index (χ1v) is 6.86. The zero-order chi connectivity index (χ0) is 13.0. The van der Waals surface area contributed by atoms with Crippen LogP contribution >= 0.6 is 0 Å². The molecule has 0 amide bonds. The summed E-state index contributed by atoms with van der Waals surface area (Å²) in [5, 5.41) is 4.73. The van der Waals surface area contributed by atoms with Crippen LogP contribution < -0.4 is 0 Å². The van der Waals surface area contributed by atoms with Gasteiger partial charge in [0.2, 0.25) is 0 Å². The molecule has 1 fully saturated rings. The summed E-state index contributed by atoms with van der Waals surface area (Å²) in [6.07, 6.45) is 2.28. The van der Waals surface area contributed by atoms with Crippen LogP contribution in [0.3, 0.4) is 0 Å². The summed E-state index contributed by atoms with van der Waals surface area (Å²) < 4.78 is 2.25. The molecule has 0 aliphatic carbocycles. The Hall–Kier alpha value is -0.830. The first-order chi connectivity index (χ1) is 8.13. The van der Waals surface area contributed by atoms with E-state index in [9.17, 15) is 0 Å². The summed E-state index contributed by atoms with van der Waals surface area (Å²) in [5.41, 5.74) is 4.00. The minimum absolute atomic E-state index is 0.592. The Morgan fingerprint density at radius 3 is 2.35 bits per heavy atom. The van der Waals surface area contributed by atoms with Gasteiger partial charge in [-0.3, -0.25) is 4.68 Å². The first kappa shape index (κ1) is 14.2. The average molecular weight is 237 g/mol. The molecule has 1 unspecified atom stereocenters. The summed E-state index contributed by atoms with van der Waals surface area (Å²) in [7, 11) is 2.19. The van der Waals surface area contributed by atoms with Gasteiger partial charge in [0.15, 0.2) is 0 Å². The molecule has 2 rings (SSSR count). The van der Waals surface area contributed by atoms with Crippen molar-refractivity contribution in [2.24, 2.45) is 0 Å². The van der Waals surface area contributed by atoms with Crippen molar-refractivity contribution < 1.29 is 0 Å². The Bertz CT molecular complexity index is 355. The third kappa shape index (κ3) is 2.89. The molecule has 0 bridgehead atoms. The monoisotopic (exact) mass is 237 g/mol. The van der Waals surface area contributed by atoms with Crippen LogP contribution in [-0.4, -0.2) is 34.8 Å². The van der Waals surface area contributed by atoms with E-state index >= 15 is 0 Å². The van der Waals surface area contributed by atoms with Crippen LogP contribution in [0.1, 0.15) is 50.2 Å². The molecule has 2 heterocycles. The molecule has 0 radical (unpaired) electrons. The summed E-state index contributed by atoms with van der Waals surface area (Å²) in [6.45, 7) is 12.9. The molecule has 0 aromatic carbocycles. The predicted octanol–water partition coefficient (Wildman–Crippen LogP) is 2.97. The fraction of sp³-hybridized carbons (Fsp3) is 0.786. The highest BCUT2D eigenvalue weighted by Crippen LogP contribution is 2.24. The number of aryl methyl sites for hydroxylation is 1. The molecule has 1 aliphatic heterocycles. The molecule has 1 aliphatic rings. The second kappa shape index (κ2) is 6.20. The third-order valence-corrected chi connectivity index (χ3v) is 3.59. The molecule has 3 nitrogen and oxygen atoms in total. The summed E-state index contributed by atoms with van der Waals surface area (Å²) in [4.78, 5) is 2.38. The fourth-order valence-electron chi connectivity index (χ4n) is 2.46. The zero-order valence-corrected chi connectivity index (χ0v) is 12.2. The number of aromatic nitrogens is 2. The Morgan fingerprint density at radius 2 is 1.94 bits per heavy atom. The minimum Gasteiger partial charge on any atom is -0.304 e. The largest absolute Gasteiger partial charge is 0.304 e. The molecule has 98 valence electrons. The van der Waals surface area contributed by atoms with Gasteiger partial charge >= 0.3 is 0 Å². The zero-order valence-electron chi connectivity index (χ0n) is 12.2. The summed E-state index contributed by atoms with van der Waals surface area (Å²) >= 11 is 0. The van der Waals surface area contributed by atoms with Gasteiger partial charge < -0.3 is 4.90 Å². The summed E-state index contributed by atoms with van der Waals surface area (Å²) in [5.74, 6) is 0. The Labute approximate surface area is 106 Å². The van der Waals surface area contributed by atoms with E-state index in [1.807, 2.05) is 13.8 Å². The van der Waals surface area contributed by atoms with Crippen molar-refractivity contribution in [3.63, 3.8) is 0 Å². The number of rotatable bonds is 2. The second-order valence-electron chi connectivity index (χ2n) is 4.66. The number of nitrogens with zero attached hydrogens (tertiary/aromatic N) is 3. The van der Waals surface area contributed by atoms with Crippen LogP contribution in [-0.2, 0) is 6.42 Å². The SMILES string of the molecule is CC.CCc1nn(C2CCN(C)C2)c(C)c1C. The van der Waals surface area contributed by atoms with Gasteiger partial charge in [0.1, 0.15) is 0 Å². The van der Waals surface area contributed by atoms with E-state index in [0.29, 0.717) is 6.04 Å². The van der Waals surface area contributed by atoms with Gasteiger partial charge in [-0.05, 0) is 45.8 Å². The standard InChI is InChI=1S/C12H21N3.C2H6/c1-5-12-9(2)10(3)15(13-12)11-6-7-14(4)8-11;1-2/h11H,5-8H2,1-4H3;1-2H3. The Kier molecular flexibility index (Phi) is 5.19. The van der Waals surface area contributed by atoms with Crippen molar-refractivity contribution in [1.29, 1.82) is 0 Å². The fourth-order valence-corrected chi connectivity index (χ4v) is 2.46. The van der Waals surface area contributed by atoms with Crippen LogP contribution in [0.25, 0.3) is 0 Å². The van der Waals surface area contributed by atoms with E-state index in [1.54, 1.807) is 0 Å². The second-order valence-corrected chi connectivity index (χ2v) is 4.66. The van der Waals surface area contributed by atoms with Crippen molar-refractivity contribution in [3.8, 4) is 0 Å². The summed E-state index contributed by atoms with van der Waals surface area (Å²) in [6, 6.07) is 0.592. The highest BCUT2D eigenvalue weighted by molar-refractivity contribution is 5.24. The van der Waals surface area contributed by atoms with Gasteiger partial charge in [0.25, 0.3) is 0 Å². The third-order valence-electron chi connectivity index (χ3n) is 3.59. The van der Waals surface area contributed by atoms with Crippen molar-refractivity contribution in [1.82, 2.24) is 14.7 Å². The van der Waals surface area contributed by atoms with Gasteiger partial charge in [-0.25, -0.2) is 0 Å². The lowest BCUT2D eigenvalue weighted by atomic mass is 10.2. The van der Waals surface area contributed by atoms with E-state index in [4.69, 9.17) is 5.10 Å². The first-order valence-electron chi connectivity index (χ1n) is 6.86. The van der Waals surface area contributed by atoms with E-state index in [1.165, 1.54) is 29.9 Å². The van der Waals surface area contributed by atoms with Gasteiger partial charge in [0.05, 0.1) is 11.7 Å². The van der Waals surface area contributed by atoms with E-state index in [2.05, 4.69) is 37.4 Å². The maximum atomic E-state index is 4.73. The maximum absolute atomic E-state index is 4.73. The lowest BCUT2D eigenvalue weighted by molar-refractivity contribution is 0.378. The molecule has 1 atom stereocenters. The quantitative estimate of drug-likeness (QED) is 0.788. The highest BCUT2D eigenvalue weighted by Gasteiger charge is 2.24.